The Hall–Kier alpha value is -2.88. The van der Waals surface area contributed by atoms with Gasteiger partial charge in [-0.25, -0.2) is 4.39 Å². The summed E-state index contributed by atoms with van der Waals surface area (Å²) < 4.78 is 54.1. The average molecular weight is 430 g/mol. The zero-order valence-corrected chi connectivity index (χ0v) is 16.4. The van der Waals surface area contributed by atoms with Crippen LogP contribution in [-0.4, -0.2) is 25.5 Å². The van der Waals surface area contributed by atoms with Crippen LogP contribution in [-0.2, 0) is 19.8 Å². The van der Waals surface area contributed by atoms with Crippen LogP contribution in [0, 0.1) is 19.7 Å². The van der Waals surface area contributed by atoms with E-state index in [2.05, 4.69) is 15.5 Å². The van der Waals surface area contributed by atoms with E-state index in [1.165, 1.54) is 25.2 Å². The number of hydrogen-bond acceptors (Lipinski definition) is 3. The highest BCUT2D eigenvalue weighted by Gasteiger charge is 2.35. The van der Waals surface area contributed by atoms with E-state index in [1.807, 2.05) is 0 Å². The lowest BCUT2D eigenvalue weighted by molar-refractivity contribution is -0.141. The van der Waals surface area contributed by atoms with Crippen LogP contribution >= 0.6 is 11.6 Å². The molecule has 154 valence electrons. The average Bonchev–Trinajstić information content (AvgIpc) is 3.13. The summed E-state index contributed by atoms with van der Waals surface area (Å²) in [7, 11) is 1.25. The molecule has 11 heteroatoms. The summed E-state index contributed by atoms with van der Waals surface area (Å²) in [6, 6.07) is 4.67. The van der Waals surface area contributed by atoms with Crippen LogP contribution in [0.15, 0.2) is 24.3 Å². The largest absolute Gasteiger partial charge is 0.435 e. The van der Waals surface area contributed by atoms with E-state index in [1.54, 1.807) is 18.5 Å². The molecule has 0 atom stereocenters. The number of carbonyl (C=O) groups excluding carboxylic acids is 1. The summed E-state index contributed by atoms with van der Waals surface area (Å²) in [5.74, 6) is -1.21. The fraction of sp³-hybridized carbons (Fsp3) is 0.278. The molecule has 0 spiro atoms. The Labute approximate surface area is 168 Å². The van der Waals surface area contributed by atoms with Gasteiger partial charge in [0.05, 0.1) is 23.6 Å². The SMILES string of the molecule is Cc1nn(Cc2ccc(F)cc2Cl)c(C)c1NC(=O)c1cc(C(F)(F)F)nn1C. The summed E-state index contributed by atoms with van der Waals surface area (Å²) in [6.45, 7) is 3.57. The first-order valence-corrected chi connectivity index (χ1v) is 8.75. The number of carbonyl (C=O) groups is 1. The molecule has 0 aliphatic carbocycles. The van der Waals surface area contributed by atoms with Gasteiger partial charge in [0.15, 0.2) is 5.69 Å². The van der Waals surface area contributed by atoms with Gasteiger partial charge in [-0.3, -0.25) is 14.2 Å². The first-order chi connectivity index (χ1) is 13.5. The van der Waals surface area contributed by atoms with Crippen molar-refractivity contribution in [2.45, 2.75) is 26.6 Å². The second kappa shape index (κ2) is 7.51. The predicted octanol–water partition coefficient (Wildman–Crippen LogP) is 4.35. The van der Waals surface area contributed by atoms with Crippen LogP contribution in [0.25, 0.3) is 0 Å². The summed E-state index contributed by atoms with van der Waals surface area (Å²) in [5.41, 5.74) is 0.619. The number of benzene rings is 1. The van der Waals surface area contributed by atoms with Crippen molar-refractivity contribution in [3.8, 4) is 0 Å². The summed E-state index contributed by atoms with van der Waals surface area (Å²) in [4.78, 5) is 12.5. The van der Waals surface area contributed by atoms with Crippen LogP contribution < -0.4 is 5.32 Å². The second-order valence-corrected chi connectivity index (χ2v) is 6.84. The van der Waals surface area contributed by atoms with Gasteiger partial charge in [0.25, 0.3) is 5.91 Å². The van der Waals surface area contributed by atoms with Gasteiger partial charge in [0, 0.05) is 18.1 Å². The van der Waals surface area contributed by atoms with Crippen LogP contribution in [0.5, 0.6) is 0 Å². The molecule has 29 heavy (non-hydrogen) atoms. The van der Waals surface area contributed by atoms with Crippen LogP contribution in [0.3, 0.4) is 0 Å². The Bertz CT molecular complexity index is 1090. The predicted molar refractivity (Wildman–Crippen MR) is 98.4 cm³/mol. The molecule has 2 heterocycles. The first-order valence-electron chi connectivity index (χ1n) is 8.38. The number of hydrogen-bond donors (Lipinski definition) is 1. The topological polar surface area (TPSA) is 64.7 Å². The number of aryl methyl sites for hydroxylation is 2. The number of nitrogens with zero attached hydrogens (tertiary/aromatic N) is 4. The smallest absolute Gasteiger partial charge is 0.317 e. The molecule has 1 N–H and O–H groups in total. The third kappa shape index (κ3) is 4.26. The molecule has 2 aromatic heterocycles. The van der Waals surface area contributed by atoms with Crippen LogP contribution in [0.1, 0.15) is 33.1 Å². The van der Waals surface area contributed by atoms with Gasteiger partial charge in [0.2, 0.25) is 0 Å². The maximum Gasteiger partial charge on any atom is 0.435 e. The maximum absolute atomic E-state index is 13.2. The Kier molecular flexibility index (Phi) is 5.40. The maximum atomic E-state index is 13.2. The Balaban J connectivity index is 1.85. The van der Waals surface area contributed by atoms with Crippen LogP contribution in [0.4, 0.5) is 23.2 Å². The van der Waals surface area contributed by atoms with Crippen molar-refractivity contribution in [3.63, 3.8) is 0 Å². The molecule has 0 radical (unpaired) electrons. The van der Waals surface area contributed by atoms with E-state index in [4.69, 9.17) is 11.6 Å². The molecular weight excluding hydrogens is 414 g/mol. The zero-order valence-electron chi connectivity index (χ0n) is 15.6. The number of nitrogens with one attached hydrogen (secondary N) is 1. The molecular formula is C18H16ClF4N5O. The van der Waals surface area contributed by atoms with Crippen molar-refractivity contribution < 1.29 is 22.4 Å². The third-order valence-corrected chi connectivity index (χ3v) is 4.71. The Morgan fingerprint density at radius 3 is 2.48 bits per heavy atom. The number of amides is 1. The number of anilines is 1. The third-order valence-electron chi connectivity index (χ3n) is 4.36. The van der Waals surface area contributed by atoms with Crippen molar-refractivity contribution in [3.05, 3.63) is 63.4 Å². The van der Waals surface area contributed by atoms with Gasteiger partial charge in [-0.05, 0) is 31.5 Å². The Morgan fingerprint density at radius 1 is 1.21 bits per heavy atom. The fourth-order valence-corrected chi connectivity index (χ4v) is 3.07. The molecule has 0 saturated carbocycles. The highest BCUT2D eigenvalue weighted by atomic mass is 35.5. The zero-order chi connectivity index (χ0) is 21.5. The van der Waals surface area contributed by atoms with Crippen molar-refractivity contribution in [2.75, 3.05) is 5.32 Å². The quantitative estimate of drug-likeness (QED) is 0.627. The highest BCUT2D eigenvalue weighted by molar-refractivity contribution is 6.31. The molecule has 0 aliphatic rings. The van der Waals surface area contributed by atoms with Gasteiger partial charge < -0.3 is 5.32 Å². The molecule has 1 amide bonds. The molecule has 0 fully saturated rings. The van der Waals surface area contributed by atoms with E-state index in [9.17, 15) is 22.4 Å². The molecule has 0 unspecified atom stereocenters. The molecule has 0 aliphatic heterocycles. The van der Waals surface area contributed by atoms with Crippen molar-refractivity contribution in [1.82, 2.24) is 19.6 Å². The van der Waals surface area contributed by atoms with E-state index >= 15 is 0 Å². The molecule has 1 aromatic carbocycles. The molecule has 3 rings (SSSR count). The summed E-state index contributed by atoms with van der Waals surface area (Å²) in [5, 5.41) is 10.5. The normalized spacial score (nSPS) is 11.7. The highest BCUT2D eigenvalue weighted by Crippen LogP contribution is 2.29. The van der Waals surface area contributed by atoms with E-state index in [0.717, 1.165) is 4.68 Å². The molecule has 3 aromatic rings. The van der Waals surface area contributed by atoms with E-state index in [0.29, 0.717) is 28.7 Å². The van der Waals surface area contributed by atoms with E-state index in [-0.39, 0.29) is 17.3 Å². The lowest BCUT2D eigenvalue weighted by Gasteiger charge is -2.08. The summed E-state index contributed by atoms with van der Waals surface area (Å²) >= 11 is 6.05. The van der Waals surface area contributed by atoms with Crippen LogP contribution in [0.2, 0.25) is 5.02 Å². The van der Waals surface area contributed by atoms with Crippen molar-refractivity contribution in [1.29, 1.82) is 0 Å². The second-order valence-electron chi connectivity index (χ2n) is 6.43. The van der Waals surface area contributed by atoms with Crippen molar-refractivity contribution >= 4 is 23.2 Å². The molecule has 0 bridgehead atoms. The Morgan fingerprint density at radius 2 is 1.90 bits per heavy atom. The minimum atomic E-state index is -4.65. The monoisotopic (exact) mass is 429 g/mol. The van der Waals surface area contributed by atoms with Gasteiger partial charge in [-0.15, -0.1) is 0 Å². The van der Waals surface area contributed by atoms with Crippen molar-refractivity contribution in [2.24, 2.45) is 7.05 Å². The lowest BCUT2D eigenvalue weighted by atomic mass is 10.2. The number of alkyl halides is 3. The van der Waals surface area contributed by atoms with Gasteiger partial charge >= 0.3 is 6.18 Å². The molecule has 0 saturated heterocycles. The number of aromatic nitrogens is 4. The standard InChI is InChI=1S/C18H16ClF4N5O/c1-9-16(24-17(29)14-7-15(18(21,22)23)26-27(14)3)10(2)28(25-9)8-11-4-5-12(20)6-13(11)19/h4-7H,8H2,1-3H3,(H,24,29). The van der Waals surface area contributed by atoms with Gasteiger partial charge in [-0.1, -0.05) is 17.7 Å². The minimum absolute atomic E-state index is 0.228. The number of rotatable bonds is 4. The number of halogens is 5. The van der Waals surface area contributed by atoms with Gasteiger partial charge in [0.1, 0.15) is 11.5 Å². The van der Waals surface area contributed by atoms with E-state index < -0.39 is 23.6 Å². The minimum Gasteiger partial charge on any atom is -0.317 e. The first kappa shape index (κ1) is 20.8. The fourth-order valence-electron chi connectivity index (χ4n) is 2.84. The molecule has 6 nitrogen and oxygen atoms in total. The summed E-state index contributed by atoms with van der Waals surface area (Å²) in [6.07, 6.45) is -4.65. The van der Waals surface area contributed by atoms with Gasteiger partial charge in [-0.2, -0.15) is 23.4 Å². The lowest BCUT2D eigenvalue weighted by Crippen LogP contribution is -2.17.